The fraction of sp³-hybridized carbons (Fsp3) is 0.154. The third kappa shape index (κ3) is 1.75. The minimum atomic E-state index is -0.847. The van der Waals surface area contributed by atoms with Crippen molar-refractivity contribution in [3.8, 4) is 10.4 Å². The Kier molecular flexibility index (Phi) is 2.45. The molecule has 0 bridgehead atoms. The number of fused-ring (bicyclic) bond motifs is 3. The third-order valence-corrected chi connectivity index (χ3v) is 4.43. The highest BCUT2D eigenvalue weighted by atomic mass is 35.5. The molecule has 0 spiro atoms. The molecule has 1 aliphatic rings. The molecule has 0 fully saturated rings. The lowest BCUT2D eigenvalue weighted by Crippen LogP contribution is -2.00. The van der Waals surface area contributed by atoms with E-state index in [1.165, 1.54) is 16.9 Å². The van der Waals surface area contributed by atoms with Crippen molar-refractivity contribution >= 4 is 28.9 Å². The van der Waals surface area contributed by atoms with E-state index in [1.54, 1.807) is 6.07 Å². The lowest BCUT2D eigenvalue weighted by Gasteiger charge is -2.15. The van der Waals surface area contributed by atoms with Crippen molar-refractivity contribution in [3.63, 3.8) is 0 Å². The minimum absolute atomic E-state index is 0.415. The molecule has 0 amide bonds. The molecule has 1 heterocycles. The Morgan fingerprint density at radius 3 is 2.76 bits per heavy atom. The maximum Gasteiger partial charge on any atom is 0.345 e. The lowest BCUT2D eigenvalue weighted by atomic mass is 9.91. The number of aromatic carboxylic acids is 1. The van der Waals surface area contributed by atoms with Gasteiger partial charge in [-0.05, 0) is 47.7 Å². The summed E-state index contributed by atoms with van der Waals surface area (Å²) in [4.78, 5) is 12.5. The Labute approximate surface area is 107 Å². The van der Waals surface area contributed by atoms with Gasteiger partial charge in [-0.25, -0.2) is 4.79 Å². The van der Waals surface area contributed by atoms with Gasteiger partial charge in [-0.2, -0.15) is 0 Å². The maximum atomic E-state index is 11.0. The average molecular weight is 265 g/mol. The second kappa shape index (κ2) is 3.86. The SMILES string of the molecule is O=C(O)c1cc2c(s1)-c1ccc(Cl)cc1CC2. The summed E-state index contributed by atoms with van der Waals surface area (Å²) in [5.74, 6) is -0.847. The van der Waals surface area contributed by atoms with Crippen LogP contribution in [0.15, 0.2) is 24.3 Å². The predicted octanol–water partition coefficient (Wildman–Crippen LogP) is 3.87. The van der Waals surface area contributed by atoms with Gasteiger partial charge in [-0.1, -0.05) is 17.7 Å². The van der Waals surface area contributed by atoms with Gasteiger partial charge >= 0.3 is 5.97 Å². The zero-order valence-corrected chi connectivity index (χ0v) is 10.4. The Bertz CT molecular complexity index is 616. The fourth-order valence-corrected chi connectivity index (χ4v) is 3.51. The van der Waals surface area contributed by atoms with Crippen LogP contribution in [0.1, 0.15) is 20.8 Å². The molecule has 0 saturated heterocycles. The van der Waals surface area contributed by atoms with E-state index in [9.17, 15) is 4.79 Å². The Hall–Kier alpha value is -1.32. The highest BCUT2D eigenvalue weighted by molar-refractivity contribution is 7.17. The second-order valence-electron chi connectivity index (χ2n) is 4.07. The molecule has 2 nitrogen and oxygen atoms in total. The number of rotatable bonds is 1. The van der Waals surface area contributed by atoms with Gasteiger partial charge in [0.2, 0.25) is 0 Å². The number of carboxylic acids is 1. The summed E-state index contributed by atoms with van der Waals surface area (Å²) in [5, 5.41) is 9.75. The third-order valence-electron chi connectivity index (χ3n) is 3.00. The van der Waals surface area contributed by atoms with Gasteiger partial charge in [0.15, 0.2) is 0 Å². The van der Waals surface area contributed by atoms with E-state index in [-0.39, 0.29) is 0 Å². The van der Waals surface area contributed by atoms with Crippen molar-refractivity contribution in [1.29, 1.82) is 0 Å². The van der Waals surface area contributed by atoms with E-state index < -0.39 is 5.97 Å². The quantitative estimate of drug-likeness (QED) is 0.849. The summed E-state index contributed by atoms with van der Waals surface area (Å²) < 4.78 is 0. The number of hydrogen-bond donors (Lipinski definition) is 1. The van der Waals surface area contributed by atoms with E-state index in [2.05, 4.69) is 0 Å². The molecule has 86 valence electrons. The van der Waals surface area contributed by atoms with Crippen LogP contribution in [-0.2, 0) is 12.8 Å². The molecule has 1 N–H and O–H groups in total. The minimum Gasteiger partial charge on any atom is -0.477 e. The lowest BCUT2D eigenvalue weighted by molar-refractivity contribution is 0.0702. The van der Waals surface area contributed by atoms with Crippen molar-refractivity contribution in [3.05, 3.63) is 45.3 Å². The van der Waals surface area contributed by atoms with Crippen molar-refractivity contribution in [2.24, 2.45) is 0 Å². The fourth-order valence-electron chi connectivity index (χ4n) is 2.21. The zero-order chi connectivity index (χ0) is 12.0. The van der Waals surface area contributed by atoms with E-state index in [1.807, 2.05) is 18.2 Å². The number of aryl methyl sites for hydroxylation is 2. The standard InChI is InChI=1S/C13H9ClO2S/c14-9-3-4-10-7(5-9)1-2-8-6-11(13(15)16)17-12(8)10/h3-6H,1-2H2,(H,15,16). The molecule has 17 heavy (non-hydrogen) atoms. The first kappa shape index (κ1) is 10.8. The van der Waals surface area contributed by atoms with Crippen LogP contribution in [0.5, 0.6) is 0 Å². The summed E-state index contributed by atoms with van der Waals surface area (Å²) in [6, 6.07) is 7.60. The topological polar surface area (TPSA) is 37.3 Å². The number of halogens is 1. The first-order valence-corrected chi connectivity index (χ1v) is 6.49. The normalized spacial score (nSPS) is 13.0. The van der Waals surface area contributed by atoms with Crippen molar-refractivity contribution in [2.45, 2.75) is 12.8 Å². The molecular formula is C13H9ClO2S. The smallest absolute Gasteiger partial charge is 0.345 e. The Morgan fingerprint density at radius 1 is 1.24 bits per heavy atom. The number of carbonyl (C=O) groups is 1. The van der Waals surface area contributed by atoms with Gasteiger partial charge in [0.25, 0.3) is 0 Å². The first-order valence-electron chi connectivity index (χ1n) is 5.30. The molecule has 0 saturated carbocycles. The van der Waals surface area contributed by atoms with Crippen LogP contribution in [-0.4, -0.2) is 11.1 Å². The van der Waals surface area contributed by atoms with Gasteiger partial charge in [0, 0.05) is 9.90 Å². The molecule has 4 heteroatoms. The number of hydrogen-bond acceptors (Lipinski definition) is 2. The molecule has 0 unspecified atom stereocenters. The van der Waals surface area contributed by atoms with Crippen LogP contribution < -0.4 is 0 Å². The summed E-state index contributed by atoms with van der Waals surface area (Å²) in [7, 11) is 0. The Balaban J connectivity index is 2.19. The molecule has 0 radical (unpaired) electrons. The van der Waals surface area contributed by atoms with Gasteiger partial charge in [0.1, 0.15) is 4.88 Å². The van der Waals surface area contributed by atoms with Gasteiger partial charge < -0.3 is 5.11 Å². The predicted molar refractivity (Wildman–Crippen MR) is 69.1 cm³/mol. The molecule has 1 aliphatic carbocycles. The summed E-state index contributed by atoms with van der Waals surface area (Å²) in [5.41, 5.74) is 3.49. The van der Waals surface area contributed by atoms with E-state index in [0.29, 0.717) is 4.88 Å². The van der Waals surface area contributed by atoms with Crippen LogP contribution >= 0.6 is 22.9 Å². The summed E-state index contributed by atoms with van der Waals surface area (Å²) in [6.45, 7) is 0. The van der Waals surface area contributed by atoms with Gasteiger partial charge in [-0.3, -0.25) is 0 Å². The zero-order valence-electron chi connectivity index (χ0n) is 8.87. The van der Waals surface area contributed by atoms with Crippen molar-refractivity contribution in [1.82, 2.24) is 0 Å². The maximum absolute atomic E-state index is 11.0. The molecule has 2 aromatic rings. The highest BCUT2D eigenvalue weighted by Crippen LogP contribution is 2.40. The van der Waals surface area contributed by atoms with Gasteiger partial charge in [0.05, 0.1) is 0 Å². The summed E-state index contributed by atoms with van der Waals surface area (Å²) >= 11 is 7.32. The molecule has 0 atom stereocenters. The van der Waals surface area contributed by atoms with Crippen molar-refractivity contribution in [2.75, 3.05) is 0 Å². The monoisotopic (exact) mass is 264 g/mol. The highest BCUT2D eigenvalue weighted by Gasteiger charge is 2.21. The molecule has 1 aromatic carbocycles. The average Bonchev–Trinajstić information content (AvgIpc) is 2.72. The molecule has 0 aliphatic heterocycles. The van der Waals surface area contributed by atoms with Crippen molar-refractivity contribution < 1.29 is 9.90 Å². The van der Waals surface area contributed by atoms with E-state index in [4.69, 9.17) is 16.7 Å². The van der Waals surface area contributed by atoms with Crippen LogP contribution in [0.3, 0.4) is 0 Å². The van der Waals surface area contributed by atoms with Crippen LogP contribution in [0, 0.1) is 0 Å². The Morgan fingerprint density at radius 2 is 2.00 bits per heavy atom. The largest absolute Gasteiger partial charge is 0.477 e. The van der Waals surface area contributed by atoms with Gasteiger partial charge in [-0.15, -0.1) is 11.3 Å². The number of benzene rings is 1. The second-order valence-corrected chi connectivity index (χ2v) is 5.56. The molecule has 3 rings (SSSR count). The van der Waals surface area contributed by atoms with Crippen LogP contribution in [0.4, 0.5) is 0 Å². The van der Waals surface area contributed by atoms with E-state index >= 15 is 0 Å². The molecule has 1 aromatic heterocycles. The number of thiophene rings is 1. The van der Waals surface area contributed by atoms with E-state index in [0.717, 1.165) is 33.9 Å². The number of carboxylic acid groups (broad SMARTS) is 1. The van der Waals surface area contributed by atoms with Crippen LogP contribution in [0.25, 0.3) is 10.4 Å². The first-order chi connectivity index (χ1) is 8.15. The summed E-state index contributed by atoms with van der Waals surface area (Å²) in [6.07, 6.45) is 1.82. The molecular weight excluding hydrogens is 256 g/mol. The van der Waals surface area contributed by atoms with Crippen LogP contribution in [0.2, 0.25) is 5.02 Å².